The SMILES string of the molecule is CSC1CCCCC1Nc1ccc(C(=O)O)c(Br)c1F. The monoisotopic (exact) mass is 361 g/mol. The zero-order valence-corrected chi connectivity index (χ0v) is 13.6. The van der Waals surface area contributed by atoms with Gasteiger partial charge in [0.05, 0.1) is 15.7 Å². The average Bonchev–Trinajstić information content (AvgIpc) is 2.44. The van der Waals surface area contributed by atoms with Gasteiger partial charge in [0.2, 0.25) is 0 Å². The lowest BCUT2D eigenvalue weighted by Gasteiger charge is -2.32. The quantitative estimate of drug-likeness (QED) is 0.835. The second kappa shape index (κ2) is 6.80. The number of rotatable bonds is 4. The van der Waals surface area contributed by atoms with E-state index in [1.807, 2.05) is 0 Å². The van der Waals surface area contributed by atoms with E-state index in [-0.39, 0.29) is 16.1 Å². The number of aromatic carboxylic acids is 1. The maximum absolute atomic E-state index is 14.2. The van der Waals surface area contributed by atoms with E-state index < -0.39 is 11.8 Å². The average molecular weight is 362 g/mol. The van der Waals surface area contributed by atoms with Crippen LogP contribution in [0.5, 0.6) is 0 Å². The Balaban J connectivity index is 2.21. The van der Waals surface area contributed by atoms with Crippen LogP contribution in [-0.4, -0.2) is 28.6 Å². The Bertz CT molecular complexity index is 512. The summed E-state index contributed by atoms with van der Waals surface area (Å²) in [5, 5.41) is 12.7. The Labute approximate surface area is 130 Å². The first kappa shape index (κ1) is 15.6. The van der Waals surface area contributed by atoms with Crippen molar-refractivity contribution in [1.82, 2.24) is 0 Å². The molecule has 0 radical (unpaired) electrons. The molecule has 6 heteroatoms. The molecular formula is C14H17BrFNO2S. The number of thioether (sulfide) groups is 1. The van der Waals surface area contributed by atoms with Crippen molar-refractivity contribution in [2.24, 2.45) is 0 Å². The van der Waals surface area contributed by atoms with Crippen molar-refractivity contribution in [2.75, 3.05) is 11.6 Å². The summed E-state index contributed by atoms with van der Waals surface area (Å²) in [4.78, 5) is 11.0. The molecule has 2 atom stereocenters. The molecule has 0 spiro atoms. The number of nitrogens with one attached hydrogen (secondary N) is 1. The number of carboxylic acid groups (broad SMARTS) is 1. The molecule has 1 aliphatic carbocycles. The molecular weight excluding hydrogens is 345 g/mol. The van der Waals surface area contributed by atoms with Crippen molar-refractivity contribution in [3.05, 3.63) is 28.0 Å². The van der Waals surface area contributed by atoms with Gasteiger partial charge in [0.25, 0.3) is 0 Å². The minimum Gasteiger partial charge on any atom is -0.478 e. The van der Waals surface area contributed by atoms with Gasteiger partial charge in [-0.05, 0) is 47.2 Å². The van der Waals surface area contributed by atoms with Gasteiger partial charge in [0, 0.05) is 11.3 Å². The van der Waals surface area contributed by atoms with Gasteiger partial charge in [0.15, 0.2) is 5.82 Å². The van der Waals surface area contributed by atoms with Gasteiger partial charge in [-0.3, -0.25) is 0 Å². The molecule has 2 unspecified atom stereocenters. The Hall–Kier alpha value is -0.750. The number of hydrogen-bond donors (Lipinski definition) is 2. The molecule has 1 aromatic rings. The van der Waals surface area contributed by atoms with Gasteiger partial charge in [-0.2, -0.15) is 11.8 Å². The fourth-order valence-electron chi connectivity index (χ4n) is 2.57. The van der Waals surface area contributed by atoms with Crippen molar-refractivity contribution in [3.8, 4) is 0 Å². The van der Waals surface area contributed by atoms with Crippen molar-refractivity contribution in [2.45, 2.75) is 37.0 Å². The first-order chi connectivity index (χ1) is 9.54. The van der Waals surface area contributed by atoms with E-state index in [0.29, 0.717) is 10.9 Å². The molecule has 1 aromatic carbocycles. The van der Waals surface area contributed by atoms with Crippen LogP contribution in [0.1, 0.15) is 36.0 Å². The lowest BCUT2D eigenvalue weighted by atomic mass is 9.94. The van der Waals surface area contributed by atoms with Crippen molar-refractivity contribution < 1.29 is 14.3 Å². The highest BCUT2D eigenvalue weighted by atomic mass is 79.9. The van der Waals surface area contributed by atoms with E-state index in [2.05, 4.69) is 27.5 Å². The molecule has 1 aliphatic rings. The molecule has 1 fully saturated rings. The van der Waals surface area contributed by atoms with Crippen LogP contribution in [0.15, 0.2) is 16.6 Å². The Morgan fingerprint density at radius 3 is 2.80 bits per heavy atom. The van der Waals surface area contributed by atoms with Crippen molar-refractivity contribution in [3.63, 3.8) is 0 Å². The Kier molecular flexibility index (Phi) is 5.32. The lowest BCUT2D eigenvalue weighted by molar-refractivity contribution is 0.0695. The van der Waals surface area contributed by atoms with E-state index >= 15 is 0 Å². The number of benzene rings is 1. The van der Waals surface area contributed by atoms with E-state index in [4.69, 9.17) is 5.11 Å². The first-order valence-electron chi connectivity index (χ1n) is 6.55. The van der Waals surface area contributed by atoms with Gasteiger partial charge < -0.3 is 10.4 Å². The summed E-state index contributed by atoms with van der Waals surface area (Å²) in [5.74, 6) is -1.67. The lowest BCUT2D eigenvalue weighted by Crippen LogP contribution is -2.34. The Morgan fingerprint density at radius 1 is 1.45 bits per heavy atom. The van der Waals surface area contributed by atoms with E-state index in [0.717, 1.165) is 19.3 Å². The zero-order valence-electron chi connectivity index (χ0n) is 11.2. The standard InChI is InChI=1S/C14H17BrFNO2S/c1-20-11-5-3-2-4-9(11)17-10-7-6-8(14(18)19)12(15)13(10)16/h6-7,9,11,17H,2-5H2,1H3,(H,18,19). The predicted molar refractivity (Wildman–Crippen MR) is 84.2 cm³/mol. The third-order valence-corrected chi connectivity index (χ3v) is 5.60. The zero-order chi connectivity index (χ0) is 14.7. The fraction of sp³-hybridized carbons (Fsp3) is 0.500. The summed E-state index contributed by atoms with van der Waals surface area (Å²) in [6.07, 6.45) is 6.58. The molecule has 0 heterocycles. The highest BCUT2D eigenvalue weighted by Gasteiger charge is 2.25. The highest BCUT2D eigenvalue weighted by Crippen LogP contribution is 2.32. The Morgan fingerprint density at radius 2 is 2.15 bits per heavy atom. The topological polar surface area (TPSA) is 49.3 Å². The summed E-state index contributed by atoms with van der Waals surface area (Å²) in [7, 11) is 0. The molecule has 20 heavy (non-hydrogen) atoms. The van der Waals surface area contributed by atoms with Gasteiger partial charge in [-0.25, -0.2) is 9.18 Å². The summed E-state index contributed by atoms with van der Waals surface area (Å²) in [6.45, 7) is 0. The maximum atomic E-state index is 14.2. The first-order valence-corrected chi connectivity index (χ1v) is 8.63. The van der Waals surface area contributed by atoms with Gasteiger partial charge in [0.1, 0.15) is 0 Å². The molecule has 3 nitrogen and oxygen atoms in total. The van der Waals surface area contributed by atoms with Crippen molar-refractivity contribution in [1.29, 1.82) is 0 Å². The number of anilines is 1. The summed E-state index contributed by atoms with van der Waals surface area (Å²) in [6, 6.07) is 3.17. The summed E-state index contributed by atoms with van der Waals surface area (Å²) in [5.41, 5.74) is 0.311. The van der Waals surface area contributed by atoms with E-state index in [1.54, 1.807) is 11.8 Å². The van der Waals surface area contributed by atoms with Crippen LogP contribution in [0.25, 0.3) is 0 Å². The largest absolute Gasteiger partial charge is 0.478 e. The molecule has 2 N–H and O–H groups in total. The molecule has 0 bridgehead atoms. The molecule has 110 valence electrons. The van der Waals surface area contributed by atoms with Crippen LogP contribution in [0.4, 0.5) is 10.1 Å². The number of hydrogen-bond acceptors (Lipinski definition) is 3. The van der Waals surface area contributed by atoms with Crippen LogP contribution in [0.3, 0.4) is 0 Å². The third kappa shape index (κ3) is 3.28. The third-order valence-electron chi connectivity index (χ3n) is 3.66. The minimum atomic E-state index is -1.14. The van der Waals surface area contributed by atoms with Crippen LogP contribution in [-0.2, 0) is 0 Å². The van der Waals surface area contributed by atoms with Gasteiger partial charge >= 0.3 is 5.97 Å². The second-order valence-electron chi connectivity index (χ2n) is 4.90. The van der Waals surface area contributed by atoms with Gasteiger partial charge in [-0.15, -0.1) is 0 Å². The van der Waals surface area contributed by atoms with Crippen LogP contribution in [0.2, 0.25) is 0 Å². The summed E-state index contributed by atoms with van der Waals surface area (Å²) < 4.78 is 14.2. The molecule has 1 saturated carbocycles. The fourth-order valence-corrected chi connectivity index (χ4v) is 4.02. The van der Waals surface area contributed by atoms with Crippen molar-refractivity contribution >= 4 is 39.3 Å². The highest BCUT2D eigenvalue weighted by molar-refractivity contribution is 9.10. The minimum absolute atomic E-state index is 0.00603. The number of halogens is 2. The molecule has 0 amide bonds. The molecule has 0 aliphatic heterocycles. The molecule has 2 rings (SSSR count). The normalized spacial score (nSPS) is 22.6. The van der Waals surface area contributed by atoms with E-state index in [9.17, 15) is 9.18 Å². The number of carboxylic acids is 1. The maximum Gasteiger partial charge on any atom is 0.336 e. The molecule has 0 saturated heterocycles. The smallest absolute Gasteiger partial charge is 0.336 e. The second-order valence-corrected chi connectivity index (χ2v) is 6.77. The van der Waals surface area contributed by atoms with Crippen LogP contribution < -0.4 is 5.32 Å². The van der Waals surface area contributed by atoms with E-state index in [1.165, 1.54) is 18.6 Å². The molecule has 0 aromatic heterocycles. The number of carbonyl (C=O) groups is 1. The van der Waals surface area contributed by atoms with Gasteiger partial charge in [-0.1, -0.05) is 12.8 Å². The van der Waals surface area contributed by atoms with Crippen LogP contribution in [0, 0.1) is 5.82 Å². The predicted octanol–water partition coefficient (Wildman–Crippen LogP) is 4.37. The summed E-state index contributed by atoms with van der Waals surface area (Å²) >= 11 is 4.83. The van der Waals surface area contributed by atoms with Crippen LogP contribution >= 0.6 is 27.7 Å².